The Bertz CT molecular complexity index is 472. The molecule has 0 aromatic carbocycles. The van der Waals surface area contributed by atoms with E-state index in [2.05, 4.69) is 26.2 Å². The molecule has 0 spiro atoms. The van der Waals surface area contributed by atoms with E-state index in [0.29, 0.717) is 14.5 Å². The first kappa shape index (κ1) is 15.3. The molecule has 0 bridgehead atoms. The second-order valence-corrected chi connectivity index (χ2v) is 5.64. The summed E-state index contributed by atoms with van der Waals surface area (Å²) in [6.07, 6.45) is 1.48. The quantitative estimate of drug-likeness (QED) is 0.793. The van der Waals surface area contributed by atoms with Crippen molar-refractivity contribution in [3.8, 4) is 0 Å². The van der Waals surface area contributed by atoms with Gasteiger partial charge in [0.15, 0.2) is 0 Å². The van der Waals surface area contributed by atoms with E-state index in [4.69, 9.17) is 16.7 Å². The van der Waals surface area contributed by atoms with Crippen LogP contribution in [0.2, 0.25) is 5.02 Å². The highest BCUT2D eigenvalue weighted by atomic mass is 79.9. The number of pyridine rings is 1. The van der Waals surface area contributed by atoms with Gasteiger partial charge >= 0.3 is 5.97 Å². The minimum absolute atomic E-state index is 0.183. The normalized spacial score (nSPS) is 11.9. The Morgan fingerprint density at radius 2 is 2.33 bits per heavy atom. The van der Waals surface area contributed by atoms with E-state index in [-0.39, 0.29) is 11.7 Å². The number of aliphatic carboxylic acids is 1. The van der Waals surface area contributed by atoms with E-state index in [9.17, 15) is 9.59 Å². The maximum Gasteiger partial charge on any atom is 0.327 e. The summed E-state index contributed by atoms with van der Waals surface area (Å²) in [5.41, 5.74) is 0. The number of nitrogens with zero attached hydrogens (tertiary/aromatic N) is 1. The highest BCUT2D eigenvalue weighted by Crippen LogP contribution is 2.27. The topological polar surface area (TPSA) is 79.3 Å². The Hall–Kier alpha value is -0.790. The molecule has 1 heterocycles. The lowest BCUT2D eigenvalue weighted by atomic mass is 10.3. The minimum atomic E-state index is -1.08. The molecule has 18 heavy (non-hydrogen) atoms. The molecule has 0 aliphatic rings. The van der Waals surface area contributed by atoms with Crippen LogP contribution in [0.5, 0.6) is 0 Å². The van der Waals surface area contributed by atoms with Crippen molar-refractivity contribution in [1.29, 1.82) is 0 Å². The number of amides is 1. The van der Waals surface area contributed by atoms with Crippen LogP contribution in [0, 0.1) is 0 Å². The molecule has 0 aliphatic carbocycles. The summed E-state index contributed by atoms with van der Waals surface area (Å²) >= 11 is 10.3. The Labute approximate surface area is 121 Å². The first-order chi connectivity index (χ1) is 8.40. The first-order valence-corrected chi connectivity index (χ1v) is 6.99. The van der Waals surface area contributed by atoms with Gasteiger partial charge in [-0.1, -0.05) is 11.6 Å². The van der Waals surface area contributed by atoms with E-state index in [1.807, 2.05) is 0 Å². The van der Waals surface area contributed by atoms with Crippen molar-refractivity contribution < 1.29 is 14.7 Å². The molecule has 1 amide bonds. The van der Waals surface area contributed by atoms with Gasteiger partial charge in [-0.3, -0.25) is 4.79 Å². The number of thioether (sulfide) groups is 1. The Kier molecular flexibility index (Phi) is 5.90. The van der Waals surface area contributed by atoms with Gasteiger partial charge in [-0.25, -0.2) is 9.78 Å². The number of carbonyl (C=O) groups excluding carboxylic acids is 1. The van der Waals surface area contributed by atoms with E-state index >= 15 is 0 Å². The van der Waals surface area contributed by atoms with Gasteiger partial charge in [-0.15, -0.1) is 11.8 Å². The second-order valence-electron chi connectivity index (χ2n) is 3.34. The monoisotopic (exact) mass is 352 g/mol. The van der Waals surface area contributed by atoms with E-state index in [1.165, 1.54) is 24.9 Å². The van der Waals surface area contributed by atoms with Crippen LogP contribution in [0.4, 0.5) is 0 Å². The van der Waals surface area contributed by atoms with Crippen LogP contribution in [0.15, 0.2) is 21.8 Å². The van der Waals surface area contributed by atoms with Crippen LogP contribution in [0.3, 0.4) is 0 Å². The van der Waals surface area contributed by atoms with Crippen LogP contribution in [0.25, 0.3) is 0 Å². The molecule has 5 nitrogen and oxygen atoms in total. The lowest BCUT2D eigenvalue weighted by Crippen LogP contribution is -2.41. The molecule has 1 atom stereocenters. The summed E-state index contributed by atoms with van der Waals surface area (Å²) in [6.45, 7) is 1.27. The minimum Gasteiger partial charge on any atom is -0.480 e. The number of carbonyl (C=O) groups is 2. The van der Waals surface area contributed by atoms with Crippen LogP contribution in [-0.2, 0) is 9.59 Å². The molecular weight excluding hydrogens is 344 g/mol. The zero-order chi connectivity index (χ0) is 13.7. The van der Waals surface area contributed by atoms with Crippen molar-refractivity contribution in [3.05, 3.63) is 21.8 Å². The summed E-state index contributed by atoms with van der Waals surface area (Å²) in [4.78, 5) is 25.8. The lowest BCUT2D eigenvalue weighted by Gasteiger charge is -2.12. The maximum absolute atomic E-state index is 10.9. The Morgan fingerprint density at radius 3 is 2.83 bits per heavy atom. The molecule has 98 valence electrons. The number of rotatable bonds is 5. The average molecular weight is 354 g/mol. The smallest absolute Gasteiger partial charge is 0.327 e. The van der Waals surface area contributed by atoms with Gasteiger partial charge in [-0.2, -0.15) is 0 Å². The third-order valence-corrected chi connectivity index (χ3v) is 4.01. The number of aromatic nitrogens is 1. The van der Waals surface area contributed by atoms with E-state index in [1.54, 1.807) is 6.07 Å². The van der Waals surface area contributed by atoms with E-state index < -0.39 is 12.0 Å². The first-order valence-electron chi connectivity index (χ1n) is 4.84. The fourth-order valence-electron chi connectivity index (χ4n) is 1.09. The van der Waals surface area contributed by atoms with Crippen molar-refractivity contribution in [2.45, 2.75) is 18.0 Å². The molecule has 0 fully saturated rings. The van der Waals surface area contributed by atoms with Crippen LogP contribution < -0.4 is 5.32 Å². The molecule has 1 aromatic heterocycles. The molecule has 2 N–H and O–H groups in total. The third-order valence-electron chi connectivity index (χ3n) is 1.84. The van der Waals surface area contributed by atoms with Crippen molar-refractivity contribution >= 4 is 51.2 Å². The summed E-state index contributed by atoms with van der Waals surface area (Å²) in [5.74, 6) is -1.28. The average Bonchev–Trinajstić information content (AvgIpc) is 2.25. The lowest BCUT2D eigenvalue weighted by molar-refractivity contribution is -0.140. The predicted molar refractivity (Wildman–Crippen MR) is 72.9 cm³/mol. The van der Waals surface area contributed by atoms with Gasteiger partial charge in [0.2, 0.25) is 5.91 Å². The molecule has 0 unspecified atom stereocenters. The van der Waals surface area contributed by atoms with Gasteiger partial charge in [-0.05, 0) is 22.0 Å². The summed E-state index contributed by atoms with van der Waals surface area (Å²) in [5, 5.41) is 12.4. The van der Waals surface area contributed by atoms with Gasteiger partial charge in [0.1, 0.15) is 11.1 Å². The summed E-state index contributed by atoms with van der Waals surface area (Å²) < 4.78 is 0.687. The van der Waals surface area contributed by atoms with Crippen molar-refractivity contribution in [1.82, 2.24) is 10.3 Å². The van der Waals surface area contributed by atoms with Gasteiger partial charge < -0.3 is 10.4 Å². The number of halogens is 2. The largest absolute Gasteiger partial charge is 0.480 e. The molecule has 8 heteroatoms. The zero-order valence-corrected chi connectivity index (χ0v) is 12.5. The fourth-order valence-corrected chi connectivity index (χ4v) is 2.95. The van der Waals surface area contributed by atoms with Crippen molar-refractivity contribution in [2.24, 2.45) is 0 Å². The number of carboxylic acids is 1. The third kappa shape index (κ3) is 4.83. The predicted octanol–water partition coefficient (Wildman–Crippen LogP) is 2.18. The molecule has 1 rings (SSSR count). The molecule has 1 aromatic rings. The number of carboxylic acid groups (broad SMARTS) is 1. The number of nitrogens with one attached hydrogen (secondary N) is 1. The van der Waals surface area contributed by atoms with Gasteiger partial charge in [0, 0.05) is 18.9 Å². The van der Waals surface area contributed by atoms with Crippen LogP contribution in [0.1, 0.15) is 6.92 Å². The molecule has 0 saturated carbocycles. The number of hydrogen-bond donors (Lipinski definition) is 2. The Morgan fingerprint density at radius 1 is 1.67 bits per heavy atom. The van der Waals surface area contributed by atoms with Gasteiger partial charge in [0.25, 0.3) is 0 Å². The highest BCUT2D eigenvalue weighted by Gasteiger charge is 2.19. The summed E-state index contributed by atoms with van der Waals surface area (Å²) in [6, 6.07) is 0.724. The Balaban J connectivity index is 2.66. The fraction of sp³-hybridized carbons (Fsp3) is 0.300. The standard InChI is InChI=1S/C10H10BrClN2O3S/c1-5(15)14-8(10(16)17)4-18-9-7(11)2-6(12)3-13-9/h2-3,8H,4H2,1H3,(H,14,15)(H,16,17)/t8-/m0/s1. The molecule has 0 radical (unpaired) electrons. The SMILES string of the molecule is CC(=O)N[C@@H](CSc1ncc(Cl)cc1Br)C(=O)O. The second kappa shape index (κ2) is 6.96. The van der Waals surface area contributed by atoms with Crippen molar-refractivity contribution in [3.63, 3.8) is 0 Å². The maximum atomic E-state index is 10.9. The van der Waals surface area contributed by atoms with Crippen LogP contribution >= 0.6 is 39.3 Å². The van der Waals surface area contributed by atoms with Crippen molar-refractivity contribution in [2.75, 3.05) is 5.75 Å². The van der Waals surface area contributed by atoms with Crippen LogP contribution in [-0.4, -0.2) is 33.8 Å². The number of hydrogen-bond acceptors (Lipinski definition) is 4. The summed E-state index contributed by atoms with van der Waals surface area (Å²) in [7, 11) is 0. The van der Waals surface area contributed by atoms with E-state index in [0.717, 1.165) is 0 Å². The highest BCUT2D eigenvalue weighted by molar-refractivity contribution is 9.10. The molecule has 0 aliphatic heterocycles. The zero-order valence-electron chi connectivity index (χ0n) is 9.31. The molecular formula is C10H10BrClN2O3S. The van der Waals surface area contributed by atoms with Gasteiger partial charge in [0.05, 0.1) is 9.50 Å². The molecule has 0 saturated heterocycles.